The number of carbonyl (C=O) groups excluding carboxylic acids is 13. The summed E-state index contributed by atoms with van der Waals surface area (Å²) in [5, 5.41) is 75.0. The van der Waals surface area contributed by atoms with E-state index in [0.717, 1.165) is 11.8 Å². The number of primary amides is 1. The van der Waals surface area contributed by atoms with Crippen molar-refractivity contribution in [1.29, 1.82) is 0 Å². The number of nitrogens with zero attached hydrogens (tertiary/aromatic N) is 4. The van der Waals surface area contributed by atoms with E-state index < -0.39 is 212 Å². The van der Waals surface area contributed by atoms with Gasteiger partial charge in [0.2, 0.25) is 76.8 Å². The van der Waals surface area contributed by atoms with E-state index in [4.69, 9.17) is 40.1 Å². The van der Waals surface area contributed by atoms with Crippen LogP contribution >= 0.6 is 0 Å². The number of rotatable bonds is 49. The highest BCUT2D eigenvalue weighted by Gasteiger charge is 2.46. The van der Waals surface area contributed by atoms with Gasteiger partial charge in [-0.05, 0) is 136 Å². The molecule has 584 valence electrons. The number of H-pyrrole nitrogens is 1. The molecule has 1 aromatic heterocycles. The molecule has 13 amide bonds. The van der Waals surface area contributed by atoms with Crippen molar-refractivity contribution >= 4 is 94.7 Å². The molecule has 14 atom stereocenters. The Kier molecular flexibility index (Phi) is 39.2. The summed E-state index contributed by atoms with van der Waals surface area (Å²) in [6, 6.07) is -20.0. The van der Waals surface area contributed by atoms with Gasteiger partial charge in [-0.3, -0.25) is 72.1 Å². The number of hydrogen-bond acceptors (Lipinski definition) is 24. The fourth-order valence-electron chi connectivity index (χ4n) is 11.3. The van der Waals surface area contributed by atoms with Crippen LogP contribution < -0.4 is 93.3 Å². The van der Waals surface area contributed by atoms with Gasteiger partial charge in [-0.2, -0.15) is 0 Å². The molecule has 0 aliphatic carbocycles. The molecule has 0 saturated carbocycles. The van der Waals surface area contributed by atoms with Gasteiger partial charge in [0.25, 0.3) is 0 Å². The highest BCUT2D eigenvalue weighted by molar-refractivity contribution is 6.00. The zero-order chi connectivity index (χ0) is 77.8. The zero-order valence-electron chi connectivity index (χ0n) is 58.5. The Hall–Kier alpha value is -9.75. The topological polar surface area (TPSA) is 707 Å². The molecule has 1 aromatic rings. The number of aromatic nitrogens is 2. The van der Waals surface area contributed by atoms with Crippen molar-refractivity contribution < 1.29 is 97.5 Å². The Bertz CT molecular complexity index is 3090. The number of carboxylic acid groups (broad SMARTS) is 2. The Morgan fingerprint density at radius 2 is 0.962 bits per heavy atom. The maximum Gasteiger partial charge on any atom is 0.326 e. The highest BCUT2D eigenvalue weighted by Crippen LogP contribution is 2.27. The van der Waals surface area contributed by atoms with Gasteiger partial charge in [-0.25, -0.2) is 9.78 Å². The molecule has 42 heteroatoms. The van der Waals surface area contributed by atoms with Gasteiger partial charge in [-0.15, -0.1) is 0 Å². The first-order valence-corrected chi connectivity index (χ1v) is 34.5. The molecule has 2 aliphatic rings. The number of nitrogens with one attached hydrogen (secondary N) is 11. The van der Waals surface area contributed by atoms with E-state index >= 15 is 0 Å². The van der Waals surface area contributed by atoms with Gasteiger partial charge in [0.15, 0.2) is 5.96 Å². The number of unbranched alkanes of at least 4 members (excludes halogenated alkanes) is 3. The van der Waals surface area contributed by atoms with Gasteiger partial charge >= 0.3 is 11.9 Å². The molecule has 3 rings (SSSR count). The number of amides is 13. The second kappa shape index (κ2) is 46.1. The average molecular weight is 1480 g/mol. The summed E-state index contributed by atoms with van der Waals surface area (Å²) in [6.07, 6.45) is 1.39. The maximum atomic E-state index is 14.7. The lowest BCUT2D eigenvalue weighted by Gasteiger charge is -2.34. The number of carboxylic acids is 2. The second-order valence-corrected chi connectivity index (χ2v) is 25.3. The van der Waals surface area contributed by atoms with Crippen molar-refractivity contribution in [3.05, 3.63) is 18.2 Å². The van der Waals surface area contributed by atoms with Crippen LogP contribution in [0.4, 0.5) is 0 Å². The third-order valence-corrected chi connectivity index (χ3v) is 17.0. The van der Waals surface area contributed by atoms with Crippen LogP contribution in [0.15, 0.2) is 17.5 Å². The van der Waals surface area contributed by atoms with Crippen molar-refractivity contribution in [3.8, 4) is 0 Å². The van der Waals surface area contributed by atoms with Gasteiger partial charge < -0.3 is 134 Å². The Balaban J connectivity index is 1.84. The molecule has 0 bridgehead atoms. The van der Waals surface area contributed by atoms with E-state index in [1.165, 1.54) is 24.3 Å². The minimum atomic E-state index is -1.94. The minimum Gasteiger partial charge on any atom is -0.481 e. The first-order valence-electron chi connectivity index (χ1n) is 34.5. The van der Waals surface area contributed by atoms with Gasteiger partial charge in [-0.1, -0.05) is 0 Å². The van der Waals surface area contributed by atoms with Crippen LogP contribution in [0.5, 0.6) is 0 Å². The number of carbonyl (C=O) groups is 15. The first kappa shape index (κ1) is 88.5. The predicted molar refractivity (Wildman–Crippen MR) is 368 cm³/mol. The van der Waals surface area contributed by atoms with Crippen LogP contribution in [0, 0.1) is 0 Å². The molecule has 2 saturated heterocycles. The van der Waals surface area contributed by atoms with Gasteiger partial charge in [0.05, 0.1) is 38.1 Å². The van der Waals surface area contributed by atoms with Crippen molar-refractivity contribution in [3.63, 3.8) is 0 Å². The third-order valence-electron chi connectivity index (χ3n) is 17.0. The van der Waals surface area contributed by atoms with Crippen LogP contribution in [0.25, 0.3) is 0 Å². The molecule has 0 radical (unpaired) electrons. The summed E-state index contributed by atoms with van der Waals surface area (Å²) in [4.78, 5) is 216. The lowest BCUT2D eigenvalue weighted by atomic mass is 10.0. The molecule has 30 N–H and O–H groups in total. The summed E-state index contributed by atoms with van der Waals surface area (Å²) < 4.78 is 0. The fourth-order valence-corrected chi connectivity index (χ4v) is 11.3. The SMILES string of the molecule is C[C@H](N)C(=O)N[C@@H](CC(=O)O)C(=O)N[C@@H](CO)C(=O)N[C@@H](CCC(N)=O)C(=O)N[C@@H](Cc1cnc[nH]1)C(=O)N[C@@H](CO)C(=O)N[C@H](C(=O)N1CCC[C@H]1C(=O)N1CCC[C@H]1C(=O)N[C@@H](CCCCN)C(=O)N[C@@H](CCCCN)C(=O)N[C@@H](CCCCN)C(=O)N[C@@H](CCCN=C(N)N)C(=O)O)[C@@H](C)O. The highest BCUT2D eigenvalue weighted by atomic mass is 16.4. The van der Waals surface area contributed by atoms with E-state index in [0.29, 0.717) is 44.9 Å². The molecule has 0 spiro atoms. The minimum absolute atomic E-state index is 0.0134. The summed E-state index contributed by atoms with van der Waals surface area (Å²) >= 11 is 0. The maximum absolute atomic E-state index is 14.7. The number of imidazole rings is 1. The molecule has 2 fully saturated rings. The lowest BCUT2D eigenvalue weighted by molar-refractivity contribution is -0.149. The molecule has 0 unspecified atom stereocenters. The largest absolute Gasteiger partial charge is 0.481 e. The summed E-state index contributed by atoms with van der Waals surface area (Å²) in [5.41, 5.74) is 39.1. The van der Waals surface area contributed by atoms with E-state index in [1.54, 1.807) is 0 Å². The third kappa shape index (κ3) is 29.9. The number of aliphatic imine (C=N–C) groups is 1. The second-order valence-electron chi connectivity index (χ2n) is 25.3. The number of likely N-dealkylation sites (tertiary alicyclic amines) is 2. The van der Waals surface area contributed by atoms with Gasteiger partial charge in [0, 0.05) is 44.4 Å². The number of guanidine groups is 1. The smallest absolute Gasteiger partial charge is 0.326 e. The molecule has 3 heterocycles. The van der Waals surface area contributed by atoms with Crippen molar-refractivity contribution in [2.45, 2.75) is 220 Å². The molecular weight excluding hydrogens is 1370 g/mol. The number of aliphatic carboxylic acids is 2. The summed E-state index contributed by atoms with van der Waals surface area (Å²) in [6.45, 7) is 0.770. The number of nitrogens with two attached hydrogens (primary N) is 7. The molecule has 104 heavy (non-hydrogen) atoms. The molecule has 42 nitrogen and oxygen atoms in total. The first-order chi connectivity index (χ1) is 49.3. The Morgan fingerprint density at radius 1 is 0.538 bits per heavy atom. The number of hydrogen-bond donors (Lipinski definition) is 23. The van der Waals surface area contributed by atoms with Crippen LogP contribution in [-0.4, -0.2) is 277 Å². The van der Waals surface area contributed by atoms with Crippen LogP contribution in [0.3, 0.4) is 0 Å². The fraction of sp³-hybridized carbons (Fsp3) is 0.694. The van der Waals surface area contributed by atoms with Crippen LogP contribution in [-0.2, 0) is 78.3 Å². The number of aliphatic hydroxyl groups is 3. The Labute approximate surface area is 599 Å². The molecular formula is C62H106N22O20. The standard InChI is InChI=1S/C62H106N22O20/c1-32(66)49(91)78-41(27-47(89)90)55(97)80-42(29-85)56(98)75-38(18-19-46(67)88)53(95)79-40(26-34-28-70-31-72-34)54(96)81-43(30-86)57(99)82-48(33(2)87)60(102)84-25-11-17-45(84)59(101)83-24-10-16-44(83)58(100)76-37(14-5-8-22-65)51(93)73-35(12-3-6-20-63)50(92)74-36(13-4-7-21-64)52(94)77-39(61(103)104)15-9-23-71-62(68)69/h28,31-33,35-45,48,85-87H,3-27,29-30,63-66H2,1-2H3,(H2,67,88)(H,70,72)(H,73,93)(H,74,92)(H,75,98)(H,76,100)(H,77,94)(H,78,91)(H,79,95)(H,80,97)(H,81,96)(H,82,99)(H,89,90)(H,103,104)(H4,68,69,71)/t32-,33+,35-,36-,37-,38-,39-,40-,41-,42-,43-,44-,45-,48-/m0/s1. The quantitative estimate of drug-likeness (QED) is 0.0164. The normalized spacial score (nSPS) is 17.5. The monoisotopic (exact) mass is 1480 g/mol. The van der Waals surface area contributed by atoms with E-state index in [9.17, 15) is 97.5 Å². The zero-order valence-corrected chi connectivity index (χ0v) is 58.5. The summed E-state index contributed by atoms with van der Waals surface area (Å²) in [7, 11) is 0. The number of aliphatic hydroxyl groups excluding tert-OH is 3. The van der Waals surface area contributed by atoms with E-state index in [-0.39, 0.29) is 102 Å². The van der Waals surface area contributed by atoms with Crippen molar-refractivity contribution in [2.24, 2.45) is 45.1 Å². The van der Waals surface area contributed by atoms with E-state index in [2.05, 4.69) is 68.1 Å². The van der Waals surface area contributed by atoms with Crippen molar-refractivity contribution in [2.75, 3.05) is 52.5 Å². The molecule has 0 aromatic carbocycles. The summed E-state index contributed by atoms with van der Waals surface area (Å²) in [5.74, 6) is -16.0. The van der Waals surface area contributed by atoms with Crippen molar-refractivity contribution in [1.82, 2.24) is 72.9 Å². The van der Waals surface area contributed by atoms with E-state index in [1.807, 2.05) is 0 Å². The Morgan fingerprint density at radius 3 is 1.41 bits per heavy atom. The molecule has 2 aliphatic heterocycles. The van der Waals surface area contributed by atoms with Gasteiger partial charge in [0.1, 0.15) is 72.5 Å². The predicted octanol–water partition coefficient (Wildman–Crippen LogP) is -10.2. The number of aromatic amines is 1. The lowest BCUT2D eigenvalue weighted by Crippen LogP contribution is -2.62. The average Bonchev–Trinajstić information content (AvgIpc) is 1.62. The van der Waals surface area contributed by atoms with Crippen LogP contribution in [0.2, 0.25) is 0 Å². The van der Waals surface area contributed by atoms with Crippen LogP contribution in [0.1, 0.15) is 135 Å².